The van der Waals surface area contributed by atoms with E-state index in [-0.39, 0.29) is 23.7 Å². The van der Waals surface area contributed by atoms with Crippen molar-refractivity contribution in [3.63, 3.8) is 0 Å². The Morgan fingerprint density at radius 1 is 1.08 bits per heavy atom. The average Bonchev–Trinajstić information content (AvgIpc) is 2.85. The van der Waals surface area contributed by atoms with Gasteiger partial charge in [0, 0.05) is 13.1 Å². The lowest BCUT2D eigenvalue weighted by atomic mass is 10.1. The molecule has 1 aromatic heterocycles. The molecule has 2 heterocycles. The van der Waals surface area contributed by atoms with E-state index in [1.54, 1.807) is 26.0 Å². The molecule has 0 spiro atoms. The molecule has 0 radical (unpaired) electrons. The van der Waals surface area contributed by atoms with E-state index in [9.17, 15) is 16.8 Å². The number of hydrogen-bond donors (Lipinski definition) is 0. The van der Waals surface area contributed by atoms with Crippen molar-refractivity contribution in [2.24, 2.45) is 0 Å². The van der Waals surface area contributed by atoms with Gasteiger partial charge in [-0.05, 0) is 44.0 Å². The highest BCUT2D eigenvalue weighted by molar-refractivity contribution is 7.92. The lowest BCUT2D eigenvalue weighted by Crippen LogP contribution is -2.57. The van der Waals surface area contributed by atoms with E-state index in [0.29, 0.717) is 16.9 Å². The van der Waals surface area contributed by atoms with Gasteiger partial charge in [0.1, 0.15) is 11.5 Å². The second-order valence-electron chi connectivity index (χ2n) is 6.56. The molecule has 0 unspecified atom stereocenters. The minimum absolute atomic E-state index is 0.0157. The molecule has 136 valence electrons. The van der Waals surface area contributed by atoms with Crippen molar-refractivity contribution in [1.82, 2.24) is 4.31 Å². The Hall–Kier alpha value is -1.64. The third-order valence-corrected chi connectivity index (χ3v) is 8.59. The molecule has 1 aromatic carbocycles. The molecule has 0 atom stereocenters. The van der Waals surface area contributed by atoms with E-state index in [1.165, 1.54) is 10.6 Å². The predicted octanol–water partition coefficient (Wildman–Crippen LogP) is 2.19. The number of rotatable bonds is 5. The molecule has 2 aromatic rings. The summed E-state index contributed by atoms with van der Waals surface area (Å²) >= 11 is 0. The monoisotopic (exact) mass is 383 g/mol. The van der Waals surface area contributed by atoms with E-state index in [1.807, 2.05) is 19.1 Å². The summed E-state index contributed by atoms with van der Waals surface area (Å²) in [6, 6.07) is 6.88. The summed E-state index contributed by atoms with van der Waals surface area (Å²) in [5.41, 5.74) is 2.36. The molecule has 1 aliphatic rings. The summed E-state index contributed by atoms with van der Waals surface area (Å²) < 4.78 is 56.8. The highest BCUT2D eigenvalue weighted by Crippen LogP contribution is 2.30. The first-order valence-electron chi connectivity index (χ1n) is 7.93. The molecular weight excluding hydrogens is 362 g/mol. The number of nitrogens with zero attached hydrogens (tertiary/aromatic N) is 1. The van der Waals surface area contributed by atoms with Crippen molar-refractivity contribution < 1.29 is 21.3 Å². The number of sulfonamides is 1. The van der Waals surface area contributed by atoms with Crippen LogP contribution in [0.25, 0.3) is 0 Å². The number of aryl methyl sites for hydroxylation is 3. The molecule has 0 saturated carbocycles. The van der Waals surface area contributed by atoms with Gasteiger partial charge in [0.2, 0.25) is 10.0 Å². The van der Waals surface area contributed by atoms with Gasteiger partial charge in [-0.15, -0.1) is 0 Å². The Balaban J connectivity index is 1.78. The number of benzene rings is 1. The third kappa shape index (κ3) is 3.38. The van der Waals surface area contributed by atoms with Crippen LogP contribution in [0.15, 0.2) is 39.8 Å². The first-order chi connectivity index (χ1) is 11.6. The lowest BCUT2D eigenvalue weighted by molar-refractivity contribution is 0.309. The fourth-order valence-corrected chi connectivity index (χ4v) is 6.98. The molecule has 0 N–H and O–H groups in total. The van der Waals surface area contributed by atoms with Gasteiger partial charge in [-0.25, -0.2) is 16.8 Å². The Bertz CT molecular complexity index is 963. The average molecular weight is 383 g/mol. The maximum atomic E-state index is 12.9. The maximum absolute atomic E-state index is 12.9. The molecule has 25 heavy (non-hydrogen) atoms. The summed E-state index contributed by atoms with van der Waals surface area (Å²) in [4.78, 5) is 0.278. The summed E-state index contributed by atoms with van der Waals surface area (Å²) in [6.07, 6.45) is 1.42. The van der Waals surface area contributed by atoms with E-state index in [4.69, 9.17) is 4.42 Å². The van der Waals surface area contributed by atoms with Crippen LogP contribution in [-0.4, -0.2) is 39.5 Å². The summed E-state index contributed by atoms with van der Waals surface area (Å²) in [5, 5.41) is -0.696. The fraction of sp³-hybridized carbons (Fsp3) is 0.412. The third-order valence-electron chi connectivity index (χ3n) is 4.45. The highest BCUT2D eigenvalue weighted by atomic mass is 32.2. The summed E-state index contributed by atoms with van der Waals surface area (Å²) in [7, 11) is -7.14. The van der Waals surface area contributed by atoms with Crippen LogP contribution in [0.5, 0.6) is 0 Å². The van der Waals surface area contributed by atoms with Crippen molar-refractivity contribution in [2.75, 3.05) is 13.1 Å². The van der Waals surface area contributed by atoms with Crippen molar-refractivity contribution in [3.8, 4) is 0 Å². The van der Waals surface area contributed by atoms with Crippen LogP contribution in [0.4, 0.5) is 0 Å². The molecule has 3 rings (SSSR count). The van der Waals surface area contributed by atoms with Crippen molar-refractivity contribution in [3.05, 3.63) is 53.0 Å². The zero-order chi connectivity index (χ0) is 18.4. The van der Waals surface area contributed by atoms with Gasteiger partial charge in [-0.3, -0.25) is 0 Å². The summed E-state index contributed by atoms with van der Waals surface area (Å²) in [6.45, 7) is 5.41. The van der Waals surface area contributed by atoms with E-state index < -0.39 is 25.1 Å². The molecule has 1 aliphatic heterocycles. The van der Waals surface area contributed by atoms with E-state index >= 15 is 0 Å². The first kappa shape index (κ1) is 18.2. The molecule has 1 saturated heterocycles. The van der Waals surface area contributed by atoms with Crippen LogP contribution >= 0.6 is 0 Å². The Morgan fingerprint density at radius 2 is 1.68 bits per heavy atom. The van der Waals surface area contributed by atoms with Gasteiger partial charge >= 0.3 is 0 Å². The molecule has 8 heteroatoms. The number of sulfone groups is 1. The highest BCUT2D eigenvalue weighted by Gasteiger charge is 2.44. The maximum Gasteiger partial charge on any atom is 0.243 e. The number of hydrogen-bond acceptors (Lipinski definition) is 5. The zero-order valence-electron chi connectivity index (χ0n) is 14.4. The van der Waals surface area contributed by atoms with Crippen LogP contribution in [-0.2, 0) is 25.6 Å². The quantitative estimate of drug-likeness (QED) is 0.790. The molecule has 6 nitrogen and oxygen atoms in total. The van der Waals surface area contributed by atoms with Crippen LogP contribution in [0, 0.1) is 20.8 Å². The minimum Gasteiger partial charge on any atom is -0.468 e. The van der Waals surface area contributed by atoms with Crippen LogP contribution in [0.3, 0.4) is 0 Å². The molecule has 0 bridgehead atoms. The van der Waals surface area contributed by atoms with Crippen LogP contribution < -0.4 is 0 Å². The second kappa shape index (κ2) is 6.26. The Morgan fingerprint density at radius 3 is 2.20 bits per heavy atom. The van der Waals surface area contributed by atoms with E-state index in [0.717, 1.165) is 5.56 Å². The first-order valence-corrected chi connectivity index (χ1v) is 11.1. The van der Waals surface area contributed by atoms with Gasteiger partial charge in [0.25, 0.3) is 0 Å². The smallest absolute Gasteiger partial charge is 0.243 e. The van der Waals surface area contributed by atoms with Gasteiger partial charge in [0.05, 0.1) is 16.4 Å². The lowest BCUT2D eigenvalue weighted by Gasteiger charge is -2.37. The largest absolute Gasteiger partial charge is 0.468 e. The summed E-state index contributed by atoms with van der Waals surface area (Å²) in [5.74, 6) is 0.160. The van der Waals surface area contributed by atoms with Crippen molar-refractivity contribution in [2.45, 2.75) is 36.7 Å². The zero-order valence-corrected chi connectivity index (χ0v) is 16.0. The SMILES string of the molecule is Cc1cc(C)c(S(=O)(=O)N2CC(S(=O)(=O)Cc3ccco3)C2)c(C)c1. The number of furan rings is 1. The second-order valence-corrected chi connectivity index (χ2v) is 10.7. The van der Waals surface area contributed by atoms with Crippen LogP contribution in [0.2, 0.25) is 0 Å². The van der Waals surface area contributed by atoms with Gasteiger partial charge in [-0.2, -0.15) is 4.31 Å². The van der Waals surface area contributed by atoms with E-state index in [2.05, 4.69) is 0 Å². The molecule has 0 amide bonds. The Kier molecular flexibility index (Phi) is 4.55. The molecular formula is C17H21NO5S2. The predicted molar refractivity (Wildman–Crippen MR) is 94.5 cm³/mol. The normalized spacial score (nSPS) is 16.8. The Labute approximate surface area is 148 Å². The fourth-order valence-electron chi connectivity index (χ4n) is 3.24. The van der Waals surface area contributed by atoms with Gasteiger partial charge in [-0.1, -0.05) is 17.7 Å². The molecule has 0 aliphatic carbocycles. The van der Waals surface area contributed by atoms with Crippen molar-refractivity contribution in [1.29, 1.82) is 0 Å². The van der Waals surface area contributed by atoms with Crippen molar-refractivity contribution >= 4 is 19.9 Å². The van der Waals surface area contributed by atoms with Gasteiger partial charge < -0.3 is 4.42 Å². The topological polar surface area (TPSA) is 84.7 Å². The minimum atomic E-state index is -3.69. The molecule has 1 fully saturated rings. The van der Waals surface area contributed by atoms with Crippen LogP contribution in [0.1, 0.15) is 22.5 Å². The van der Waals surface area contributed by atoms with Gasteiger partial charge in [0.15, 0.2) is 9.84 Å². The standard InChI is InChI=1S/C17H21NO5S2/c1-12-7-13(2)17(14(3)8-12)25(21,22)18-9-16(10-18)24(19,20)11-15-5-4-6-23-15/h4-8,16H,9-11H2,1-3H3.